The molecule has 1 aliphatic rings. The van der Waals surface area contributed by atoms with Gasteiger partial charge in [-0.25, -0.2) is 0 Å². The van der Waals surface area contributed by atoms with Gasteiger partial charge in [0.2, 0.25) is 0 Å². The maximum absolute atomic E-state index is 10.5. The van der Waals surface area contributed by atoms with Gasteiger partial charge in [0.1, 0.15) is 0 Å². The molecule has 1 heterocycles. The zero-order chi connectivity index (χ0) is 11.1. The van der Waals surface area contributed by atoms with Gasteiger partial charge in [0.15, 0.2) is 0 Å². The largest absolute Gasteiger partial charge is 0.480 e. The molecule has 15 heavy (non-hydrogen) atoms. The Morgan fingerprint density at radius 2 is 2.33 bits per heavy atom. The number of nitrogens with zero attached hydrogens (tertiary/aromatic N) is 1. The summed E-state index contributed by atoms with van der Waals surface area (Å²) in [6.07, 6.45) is 2.90. The summed E-state index contributed by atoms with van der Waals surface area (Å²) in [7, 11) is 0. The lowest BCUT2D eigenvalue weighted by Crippen LogP contribution is -2.47. The van der Waals surface area contributed by atoms with E-state index in [2.05, 4.69) is 5.32 Å². The highest BCUT2D eigenvalue weighted by Gasteiger charge is 2.20. The van der Waals surface area contributed by atoms with Crippen molar-refractivity contribution in [2.24, 2.45) is 0 Å². The van der Waals surface area contributed by atoms with Gasteiger partial charge in [-0.3, -0.25) is 9.69 Å². The van der Waals surface area contributed by atoms with Gasteiger partial charge >= 0.3 is 5.97 Å². The van der Waals surface area contributed by atoms with Crippen LogP contribution in [0, 0.1) is 0 Å². The zero-order valence-corrected chi connectivity index (χ0v) is 8.98. The van der Waals surface area contributed by atoms with E-state index < -0.39 is 5.97 Å². The number of aliphatic hydroxyl groups is 1. The van der Waals surface area contributed by atoms with Crippen molar-refractivity contribution in [1.29, 1.82) is 0 Å². The van der Waals surface area contributed by atoms with E-state index in [1.54, 1.807) is 0 Å². The molecule has 1 unspecified atom stereocenters. The third kappa shape index (κ3) is 5.11. The number of rotatable bonds is 6. The maximum Gasteiger partial charge on any atom is 0.317 e. The van der Waals surface area contributed by atoms with E-state index in [0.29, 0.717) is 6.04 Å². The van der Waals surface area contributed by atoms with E-state index in [1.165, 1.54) is 0 Å². The molecule has 1 aliphatic heterocycles. The number of piperidine rings is 1. The molecule has 0 aromatic carbocycles. The average molecular weight is 216 g/mol. The number of carboxylic acid groups (broad SMARTS) is 1. The van der Waals surface area contributed by atoms with Crippen molar-refractivity contribution in [3.8, 4) is 0 Å². The molecule has 0 radical (unpaired) electrons. The number of nitrogens with one attached hydrogen (secondary N) is 1. The van der Waals surface area contributed by atoms with Gasteiger partial charge < -0.3 is 15.5 Å². The zero-order valence-electron chi connectivity index (χ0n) is 8.98. The Hall–Kier alpha value is -0.650. The van der Waals surface area contributed by atoms with Gasteiger partial charge in [-0.2, -0.15) is 0 Å². The van der Waals surface area contributed by atoms with Crippen molar-refractivity contribution in [2.75, 3.05) is 32.8 Å². The molecular weight excluding hydrogens is 196 g/mol. The Bertz CT molecular complexity index is 199. The summed E-state index contributed by atoms with van der Waals surface area (Å²) in [5.41, 5.74) is 0. The average Bonchev–Trinajstić information content (AvgIpc) is 2.18. The highest BCUT2D eigenvalue weighted by Crippen LogP contribution is 2.09. The van der Waals surface area contributed by atoms with Crippen LogP contribution in [0.15, 0.2) is 0 Å². The van der Waals surface area contributed by atoms with E-state index in [9.17, 15) is 4.79 Å². The standard InChI is InChI=1S/C10H20N2O3/c13-6-2-4-11-9-3-1-5-12(7-9)8-10(14)15/h9,11,13H,1-8H2,(H,14,15). The van der Waals surface area contributed by atoms with E-state index in [4.69, 9.17) is 10.2 Å². The topological polar surface area (TPSA) is 72.8 Å². The van der Waals surface area contributed by atoms with Gasteiger partial charge in [0, 0.05) is 19.2 Å². The minimum absolute atomic E-state index is 0.137. The first-order valence-corrected chi connectivity index (χ1v) is 5.50. The van der Waals surface area contributed by atoms with Gasteiger partial charge in [-0.1, -0.05) is 0 Å². The normalized spacial score (nSPS) is 22.9. The lowest BCUT2D eigenvalue weighted by molar-refractivity contribution is -0.138. The molecule has 0 aliphatic carbocycles. The number of aliphatic hydroxyl groups excluding tert-OH is 1. The Balaban J connectivity index is 2.19. The second-order valence-electron chi connectivity index (χ2n) is 4.00. The predicted octanol–water partition coefficient (Wildman–Crippen LogP) is -0.493. The van der Waals surface area contributed by atoms with E-state index >= 15 is 0 Å². The van der Waals surface area contributed by atoms with Crippen LogP contribution in [0.3, 0.4) is 0 Å². The molecule has 1 rings (SSSR count). The van der Waals surface area contributed by atoms with E-state index in [1.807, 2.05) is 4.90 Å². The Morgan fingerprint density at radius 3 is 3.00 bits per heavy atom. The molecule has 0 bridgehead atoms. The van der Waals surface area contributed by atoms with Crippen molar-refractivity contribution in [3.63, 3.8) is 0 Å². The molecule has 0 spiro atoms. The lowest BCUT2D eigenvalue weighted by atomic mass is 10.1. The third-order valence-electron chi connectivity index (χ3n) is 2.63. The van der Waals surface area contributed by atoms with Crippen molar-refractivity contribution in [2.45, 2.75) is 25.3 Å². The van der Waals surface area contributed by atoms with Crippen LogP contribution in [0.1, 0.15) is 19.3 Å². The van der Waals surface area contributed by atoms with Crippen LogP contribution in [-0.4, -0.2) is 59.9 Å². The summed E-state index contributed by atoms with van der Waals surface area (Å²) in [5.74, 6) is -0.758. The van der Waals surface area contributed by atoms with Crippen LogP contribution >= 0.6 is 0 Å². The van der Waals surface area contributed by atoms with Crippen LogP contribution in [0.4, 0.5) is 0 Å². The number of aliphatic carboxylic acids is 1. The fraction of sp³-hybridized carbons (Fsp3) is 0.900. The molecule has 1 atom stereocenters. The first-order chi connectivity index (χ1) is 7.22. The first-order valence-electron chi connectivity index (χ1n) is 5.50. The van der Waals surface area contributed by atoms with Crippen LogP contribution in [0.25, 0.3) is 0 Å². The summed E-state index contributed by atoms with van der Waals surface area (Å²) in [6.45, 7) is 2.83. The summed E-state index contributed by atoms with van der Waals surface area (Å²) in [5, 5.41) is 20.6. The summed E-state index contributed by atoms with van der Waals surface area (Å²) >= 11 is 0. The molecule has 1 saturated heterocycles. The van der Waals surface area contributed by atoms with Gasteiger partial charge in [-0.15, -0.1) is 0 Å². The first kappa shape index (κ1) is 12.4. The van der Waals surface area contributed by atoms with Crippen molar-refractivity contribution >= 4 is 5.97 Å². The number of carbonyl (C=O) groups is 1. The Kier molecular flexibility index (Phi) is 5.60. The number of likely N-dealkylation sites (tertiary alicyclic amines) is 1. The van der Waals surface area contributed by atoms with E-state index in [-0.39, 0.29) is 13.2 Å². The molecule has 0 aromatic heterocycles. The summed E-state index contributed by atoms with van der Waals surface area (Å²) < 4.78 is 0. The Morgan fingerprint density at radius 1 is 1.53 bits per heavy atom. The van der Waals surface area contributed by atoms with Crippen LogP contribution in [-0.2, 0) is 4.79 Å². The quantitative estimate of drug-likeness (QED) is 0.522. The molecule has 5 heteroatoms. The van der Waals surface area contributed by atoms with Crippen LogP contribution in [0.5, 0.6) is 0 Å². The summed E-state index contributed by atoms with van der Waals surface area (Å²) in [4.78, 5) is 12.5. The predicted molar refractivity (Wildman–Crippen MR) is 56.8 cm³/mol. The van der Waals surface area contributed by atoms with Crippen molar-refractivity contribution < 1.29 is 15.0 Å². The minimum Gasteiger partial charge on any atom is -0.480 e. The fourth-order valence-corrected chi connectivity index (χ4v) is 1.94. The second kappa shape index (κ2) is 6.76. The monoisotopic (exact) mass is 216 g/mol. The maximum atomic E-state index is 10.5. The molecule has 3 N–H and O–H groups in total. The lowest BCUT2D eigenvalue weighted by Gasteiger charge is -2.32. The molecule has 5 nitrogen and oxygen atoms in total. The van der Waals surface area contributed by atoms with Crippen molar-refractivity contribution in [1.82, 2.24) is 10.2 Å². The molecule has 88 valence electrons. The highest BCUT2D eigenvalue weighted by molar-refractivity contribution is 5.69. The second-order valence-corrected chi connectivity index (χ2v) is 4.00. The molecule has 1 fully saturated rings. The minimum atomic E-state index is -0.758. The molecular formula is C10H20N2O3. The molecule has 0 amide bonds. The van der Waals surface area contributed by atoms with Gasteiger partial charge in [-0.05, 0) is 32.4 Å². The van der Waals surface area contributed by atoms with Crippen LogP contribution in [0.2, 0.25) is 0 Å². The smallest absolute Gasteiger partial charge is 0.317 e. The SMILES string of the molecule is O=C(O)CN1CCCC(NCCCO)C1. The Labute approximate surface area is 90.1 Å². The molecule has 0 saturated carbocycles. The van der Waals surface area contributed by atoms with Gasteiger partial charge in [0.25, 0.3) is 0 Å². The number of carboxylic acids is 1. The number of hydrogen-bond donors (Lipinski definition) is 3. The van der Waals surface area contributed by atoms with Gasteiger partial charge in [0.05, 0.1) is 6.54 Å². The number of hydrogen-bond acceptors (Lipinski definition) is 4. The summed E-state index contributed by atoms with van der Waals surface area (Å²) in [6, 6.07) is 0.379. The third-order valence-corrected chi connectivity index (χ3v) is 2.63. The van der Waals surface area contributed by atoms with Crippen molar-refractivity contribution in [3.05, 3.63) is 0 Å². The highest BCUT2D eigenvalue weighted by atomic mass is 16.4. The molecule has 0 aromatic rings. The van der Waals surface area contributed by atoms with Crippen LogP contribution < -0.4 is 5.32 Å². The fourth-order valence-electron chi connectivity index (χ4n) is 1.94. The van der Waals surface area contributed by atoms with E-state index in [0.717, 1.165) is 38.9 Å².